The zero-order chi connectivity index (χ0) is 22.1. The Balaban J connectivity index is 1.92. The summed E-state index contributed by atoms with van der Waals surface area (Å²) >= 11 is 0. The first kappa shape index (κ1) is 20.5. The molecule has 31 heavy (non-hydrogen) atoms. The summed E-state index contributed by atoms with van der Waals surface area (Å²) in [6, 6.07) is 15.0. The molecule has 0 aliphatic carbocycles. The number of aryl methyl sites for hydroxylation is 2. The highest BCUT2D eigenvalue weighted by atomic mass is 16.5. The van der Waals surface area contributed by atoms with Crippen LogP contribution in [0.1, 0.15) is 35.4 Å². The molecule has 1 N–H and O–H groups in total. The Kier molecular flexibility index (Phi) is 5.38. The van der Waals surface area contributed by atoms with Gasteiger partial charge in [-0.25, -0.2) is 0 Å². The van der Waals surface area contributed by atoms with Crippen molar-refractivity contribution >= 4 is 23.1 Å². The van der Waals surface area contributed by atoms with Gasteiger partial charge in [0.2, 0.25) is 0 Å². The van der Waals surface area contributed by atoms with Crippen molar-refractivity contribution in [2.24, 2.45) is 0 Å². The van der Waals surface area contributed by atoms with Gasteiger partial charge in [-0.1, -0.05) is 23.8 Å². The van der Waals surface area contributed by atoms with E-state index in [1.54, 1.807) is 42.5 Å². The molecule has 0 spiro atoms. The smallest absolute Gasteiger partial charge is 0.300 e. The highest BCUT2D eigenvalue weighted by Gasteiger charge is 2.48. The van der Waals surface area contributed by atoms with Crippen LogP contribution in [0.25, 0.3) is 5.76 Å². The molecule has 1 aromatic heterocycles. The fourth-order valence-corrected chi connectivity index (χ4v) is 3.84. The molecular formula is C25H23NO5. The van der Waals surface area contributed by atoms with E-state index in [2.05, 4.69) is 0 Å². The summed E-state index contributed by atoms with van der Waals surface area (Å²) in [5.41, 5.74) is 2.72. The van der Waals surface area contributed by atoms with Crippen LogP contribution in [0.5, 0.6) is 5.75 Å². The van der Waals surface area contributed by atoms with Crippen LogP contribution in [-0.4, -0.2) is 23.4 Å². The van der Waals surface area contributed by atoms with Crippen molar-refractivity contribution in [1.29, 1.82) is 0 Å². The van der Waals surface area contributed by atoms with E-state index >= 15 is 0 Å². The maximum atomic E-state index is 13.1. The quantitative estimate of drug-likeness (QED) is 0.362. The van der Waals surface area contributed by atoms with Crippen LogP contribution < -0.4 is 9.64 Å². The summed E-state index contributed by atoms with van der Waals surface area (Å²) in [4.78, 5) is 27.6. The van der Waals surface area contributed by atoms with E-state index in [0.29, 0.717) is 29.4 Å². The maximum Gasteiger partial charge on any atom is 0.300 e. The normalized spacial score (nSPS) is 17.9. The molecule has 0 bridgehead atoms. The van der Waals surface area contributed by atoms with Crippen molar-refractivity contribution in [3.05, 3.63) is 88.9 Å². The number of aliphatic hydroxyl groups is 1. The molecular weight excluding hydrogens is 394 g/mol. The molecule has 1 unspecified atom stereocenters. The second-order valence-corrected chi connectivity index (χ2v) is 7.43. The van der Waals surface area contributed by atoms with Crippen LogP contribution in [-0.2, 0) is 9.59 Å². The molecule has 1 atom stereocenters. The number of anilines is 1. The van der Waals surface area contributed by atoms with E-state index in [-0.39, 0.29) is 11.3 Å². The molecule has 1 aliphatic heterocycles. The molecule has 6 heteroatoms. The van der Waals surface area contributed by atoms with E-state index in [1.165, 1.54) is 11.2 Å². The summed E-state index contributed by atoms with van der Waals surface area (Å²) < 4.78 is 11.2. The number of ether oxygens (including phenoxy) is 1. The Morgan fingerprint density at radius 1 is 1.10 bits per heavy atom. The second-order valence-electron chi connectivity index (χ2n) is 7.43. The summed E-state index contributed by atoms with van der Waals surface area (Å²) in [6.45, 7) is 6.08. The van der Waals surface area contributed by atoms with Gasteiger partial charge in [0.25, 0.3) is 11.7 Å². The zero-order valence-electron chi connectivity index (χ0n) is 17.6. The molecule has 0 radical (unpaired) electrons. The van der Waals surface area contributed by atoms with E-state index in [9.17, 15) is 14.7 Å². The van der Waals surface area contributed by atoms with Crippen LogP contribution in [0.3, 0.4) is 0 Å². The fourth-order valence-electron chi connectivity index (χ4n) is 3.84. The number of ketones is 1. The van der Waals surface area contributed by atoms with Crippen molar-refractivity contribution in [3.8, 4) is 5.75 Å². The second kappa shape index (κ2) is 8.14. The van der Waals surface area contributed by atoms with Crippen LogP contribution in [0.2, 0.25) is 0 Å². The molecule has 2 heterocycles. The zero-order valence-corrected chi connectivity index (χ0v) is 17.6. The van der Waals surface area contributed by atoms with Gasteiger partial charge < -0.3 is 14.3 Å². The number of benzene rings is 2. The largest absolute Gasteiger partial charge is 0.507 e. The van der Waals surface area contributed by atoms with Crippen LogP contribution in [0.4, 0.5) is 5.69 Å². The molecule has 2 aromatic carbocycles. The Hall–Kier alpha value is -3.80. The fraction of sp³-hybridized carbons (Fsp3) is 0.200. The number of carbonyl (C=O) groups is 2. The molecule has 1 amide bonds. The topological polar surface area (TPSA) is 80.0 Å². The average molecular weight is 417 g/mol. The van der Waals surface area contributed by atoms with E-state index < -0.39 is 17.7 Å². The number of rotatable bonds is 5. The van der Waals surface area contributed by atoms with Gasteiger partial charge in [-0.3, -0.25) is 14.5 Å². The van der Waals surface area contributed by atoms with Crippen molar-refractivity contribution in [3.63, 3.8) is 0 Å². The van der Waals surface area contributed by atoms with Gasteiger partial charge in [0.05, 0.1) is 18.4 Å². The van der Waals surface area contributed by atoms with Gasteiger partial charge >= 0.3 is 0 Å². The number of Topliss-reactive ketones (excluding diaryl/α,β-unsaturated/α-hetero) is 1. The third-order valence-electron chi connectivity index (χ3n) is 5.31. The maximum absolute atomic E-state index is 13.1. The molecule has 158 valence electrons. The molecule has 3 aromatic rings. The first-order valence-electron chi connectivity index (χ1n) is 10.1. The lowest BCUT2D eigenvalue weighted by Crippen LogP contribution is -2.29. The highest BCUT2D eigenvalue weighted by molar-refractivity contribution is 6.51. The third kappa shape index (κ3) is 3.61. The Morgan fingerprint density at radius 3 is 2.61 bits per heavy atom. The minimum Gasteiger partial charge on any atom is -0.507 e. The predicted octanol–water partition coefficient (Wildman–Crippen LogP) is 4.92. The van der Waals surface area contributed by atoms with Gasteiger partial charge in [0, 0.05) is 17.3 Å². The number of furan rings is 1. The van der Waals surface area contributed by atoms with Gasteiger partial charge in [0.1, 0.15) is 23.3 Å². The molecule has 1 fully saturated rings. The standard InChI is InChI=1S/C25H23NO5/c1-4-30-18-8-5-7-17(14-18)26-22(20-9-6-12-31-20)21(24(28)25(26)29)23(27)19-13-15(2)10-11-16(19)3/h5-14,22,27H,4H2,1-3H3/b23-21-. The lowest BCUT2D eigenvalue weighted by Gasteiger charge is -2.24. The number of hydrogen-bond donors (Lipinski definition) is 1. The number of aliphatic hydroxyl groups excluding tert-OH is 1. The van der Waals surface area contributed by atoms with Crippen LogP contribution >= 0.6 is 0 Å². The first-order valence-corrected chi connectivity index (χ1v) is 10.1. The SMILES string of the molecule is CCOc1cccc(N2C(=O)C(=O)/C(=C(\O)c3cc(C)ccc3C)C2c2ccco2)c1. The van der Waals surface area contributed by atoms with Gasteiger partial charge in [-0.2, -0.15) is 0 Å². The lowest BCUT2D eigenvalue weighted by atomic mass is 9.96. The molecule has 4 rings (SSSR count). The van der Waals surface area contributed by atoms with Gasteiger partial charge in [0.15, 0.2) is 0 Å². The summed E-state index contributed by atoms with van der Waals surface area (Å²) in [5.74, 6) is -0.754. The average Bonchev–Trinajstić information content (AvgIpc) is 3.37. The molecule has 1 saturated heterocycles. The number of carbonyl (C=O) groups excluding carboxylic acids is 2. The third-order valence-corrected chi connectivity index (χ3v) is 5.31. The highest BCUT2D eigenvalue weighted by Crippen LogP contribution is 2.43. The minimum atomic E-state index is -0.896. The molecule has 0 saturated carbocycles. The monoisotopic (exact) mass is 417 g/mol. The van der Waals surface area contributed by atoms with E-state index in [1.807, 2.05) is 32.9 Å². The van der Waals surface area contributed by atoms with Gasteiger partial charge in [-0.05, 0) is 56.7 Å². The summed E-state index contributed by atoms with van der Waals surface area (Å²) in [7, 11) is 0. The summed E-state index contributed by atoms with van der Waals surface area (Å²) in [5, 5.41) is 11.2. The predicted molar refractivity (Wildman–Crippen MR) is 117 cm³/mol. The molecule has 1 aliphatic rings. The Morgan fingerprint density at radius 2 is 1.90 bits per heavy atom. The minimum absolute atomic E-state index is 0.00420. The summed E-state index contributed by atoms with van der Waals surface area (Å²) in [6.07, 6.45) is 1.48. The van der Waals surface area contributed by atoms with Crippen molar-refractivity contribution < 1.29 is 23.8 Å². The van der Waals surface area contributed by atoms with Crippen molar-refractivity contribution in [2.45, 2.75) is 26.8 Å². The lowest BCUT2D eigenvalue weighted by molar-refractivity contribution is -0.132. The Labute approximate surface area is 180 Å². The first-order chi connectivity index (χ1) is 14.9. The number of nitrogens with zero attached hydrogens (tertiary/aromatic N) is 1. The van der Waals surface area contributed by atoms with Gasteiger partial charge in [-0.15, -0.1) is 0 Å². The van der Waals surface area contributed by atoms with Crippen LogP contribution in [0.15, 0.2) is 70.9 Å². The van der Waals surface area contributed by atoms with E-state index in [0.717, 1.165) is 11.1 Å². The Bertz CT molecular complexity index is 1180. The molecule has 6 nitrogen and oxygen atoms in total. The number of amides is 1. The number of hydrogen-bond acceptors (Lipinski definition) is 5. The van der Waals surface area contributed by atoms with Crippen molar-refractivity contribution in [2.75, 3.05) is 11.5 Å². The van der Waals surface area contributed by atoms with E-state index in [4.69, 9.17) is 9.15 Å². The van der Waals surface area contributed by atoms with Crippen molar-refractivity contribution in [1.82, 2.24) is 0 Å². The van der Waals surface area contributed by atoms with Crippen LogP contribution in [0, 0.1) is 13.8 Å².